The van der Waals surface area contributed by atoms with Gasteiger partial charge in [-0.25, -0.2) is 0 Å². The minimum atomic E-state index is -1.10. The molecule has 90 valence electrons. The highest BCUT2D eigenvalue weighted by Gasteiger charge is 2.20. The Hall–Kier alpha value is -2.42. The summed E-state index contributed by atoms with van der Waals surface area (Å²) < 4.78 is 5.36. The maximum absolute atomic E-state index is 12.0. The van der Waals surface area contributed by atoms with Gasteiger partial charge in [0.2, 0.25) is 11.9 Å². The minimum Gasteiger partial charge on any atom is -0.475 e. The number of benzene rings is 2. The lowest BCUT2D eigenvalue weighted by Crippen LogP contribution is -2.28. The van der Waals surface area contributed by atoms with Crippen LogP contribution in [-0.4, -0.2) is 18.2 Å². The van der Waals surface area contributed by atoms with Crippen LogP contribution in [0.4, 0.5) is 0 Å². The lowest BCUT2D eigenvalue weighted by molar-refractivity contribution is -0.112. The first kappa shape index (κ1) is 12.0. The molecule has 0 aromatic heterocycles. The molecule has 1 unspecified atom stereocenters. The van der Waals surface area contributed by atoms with E-state index in [0.29, 0.717) is 17.6 Å². The van der Waals surface area contributed by atoms with E-state index < -0.39 is 6.10 Å². The van der Waals surface area contributed by atoms with Crippen LogP contribution in [0.15, 0.2) is 60.7 Å². The average molecular weight is 240 g/mol. The topological polar surface area (TPSA) is 43.4 Å². The first-order chi connectivity index (χ1) is 8.81. The fourth-order valence-corrected chi connectivity index (χ4v) is 1.56. The molecule has 0 aliphatic heterocycles. The van der Waals surface area contributed by atoms with Gasteiger partial charge in [0, 0.05) is 5.56 Å². The third kappa shape index (κ3) is 2.83. The number of rotatable bonds is 5. The van der Waals surface area contributed by atoms with Gasteiger partial charge >= 0.3 is 0 Å². The highest BCUT2D eigenvalue weighted by molar-refractivity contribution is 6.07. The summed E-state index contributed by atoms with van der Waals surface area (Å²) in [6.45, 7) is 0. The van der Waals surface area contributed by atoms with Gasteiger partial charge in [0.15, 0.2) is 6.29 Å². The molecule has 0 saturated carbocycles. The van der Waals surface area contributed by atoms with Crippen molar-refractivity contribution in [3.8, 4) is 5.75 Å². The van der Waals surface area contributed by atoms with Crippen LogP contribution in [-0.2, 0) is 4.79 Å². The van der Waals surface area contributed by atoms with Crippen molar-refractivity contribution in [3.05, 3.63) is 66.2 Å². The zero-order valence-corrected chi connectivity index (χ0v) is 9.65. The van der Waals surface area contributed by atoms with Crippen LogP contribution in [0.5, 0.6) is 5.75 Å². The molecule has 2 aromatic carbocycles. The molecule has 18 heavy (non-hydrogen) atoms. The van der Waals surface area contributed by atoms with E-state index in [9.17, 15) is 9.59 Å². The fourth-order valence-electron chi connectivity index (χ4n) is 1.56. The van der Waals surface area contributed by atoms with Gasteiger partial charge in [0.1, 0.15) is 5.75 Å². The Bertz CT molecular complexity index is 520. The van der Waals surface area contributed by atoms with Crippen molar-refractivity contribution in [2.45, 2.75) is 6.10 Å². The van der Waals surface area contributed by atoms with Crippen molar-refractivity contribution < 1.29 is 14.3 Å². The molecule has 0 saturated heterocycles. The number of carbonyl (C=O) groups excluding carboxylic acids is 2. The van der Waals surface area contributed by atoms with Crippen LogP contribution >= 0.6 is 0 Å². The molecule has 2 aromatic rings. The van der Waals surface area contributed by atoms with Crippen molar-refractivity contribution in [3.63, 3.8) is 0 Å². The molecule has 3 heteroatoms. The Morgan fingerprint density at radius 1 is 0.944 bits per heavy atom. The fraction of sp³-hybridized carbons (Fsp3) is 0.0667. The number of aldehydes is 1. The van der Waals surface area contributed by atoms with E-state index in [0.717, 1.165) is 0 Å². The Morgan fingerprint density at radius 2 is 1.50 bits per heavy atom. The Balaban J connectivity index is 2.15. The van der Waals surface area contributed by atoms with E-state index in [1.54, 1.807) is 48.5 Å². The summed E-state index contributed by atoms with van der Waals surface area (Å²) in [5.41, 5.74) is 0.463. The third-order valence-electron chi connectivity index (χ3n) is 2.45. The van der Waals surface area contributed by atoms with Gasteiger partial charge in [-0.05, 0) is 12.1 Å². The van der Waals surface area contributed by atoms with Gasteiger partial charge in [-0.2, -0.15) is 0 Å². The van der Waals surface area contributed by atoms with Crippen molar-refractivity contribution in [2.75, 3.05) is 0 Å². The summed E-state index contributed by atoms with van der Waals surface area (Å²) in [7, 11) is 0. The quantitative estimate of drug-likeness (QED) is 0.458. The van der Waals surface area contributed by atoms with Gasteiger partial charge < -0.3 is 4.74 Å². The molecule has 0 aliphatic rings. The molecule has 0 radical (unpaired) electrons. The molecular formula is C15H12O3. The molecule has 2 rings (SSSR count). The smallest absolute Gasteiger partial charge is 0.216 e. The number of para-hydroxylation sites is 1. The average Bonchev–Trinajstić information content (AvgIpc) is 2.46. The second-order valence-corrected chi connectivity index (χ2v) is 3.72. The van der Waals surface area contributed by atoms with Gasteiger partial charge in [0.05, 0.1) is 0 Å². The van der Waals surface area contributed by atoms with E-state index >= 15 is 0 Å². The molecule has 0 N–H and O–H groups in total. The number of hydrogen-bond donors (Lipinski definition) is 0. The van der Waals surface area contributed by atoms with E-state index in [1.165, 1.54) is 0 Å². The minimum absolute atomic E-state index is 0.338. The number of Topliss-reactive ketones (excluding diaryl/α,β-unsaturated/α-hetero) is 1. The summed E-state index contributed by atoms with van der Waals surface area (Å²) in [5.74, 6) is 0.160. The van der Waals surface area contributed by atoms with Crippen LogP contribution < -0.4 is 4.74 Å². The van der Waals surface area contributed by atoms with Crippen LogP contribution in [0.3, 0.4) is 0 Å². The van der Waals surface area contributed by atoms with Gasteiger partial charge in [0.25, 0.3) is 0 Å². The van der Waals surface area contributed by atoms with E-state index in [1.807, 2.05) is 12.1 Å². The lowest BCUT2D eigenvalue weighted by Gasteiger charge is -2.12. The number of hydrogen-bond acceptors (Lipinski definition) is 3. The summed E-state index contributed by atoms with van der Waals surface area (Å²) in [6.07, 6.45) is -0.586. The lowest BCUT2D eigenvalue weighted by atomic mass is 10.1. The molecule has 0 aliphatic carbocycles. The predicted molar refractivity (Wildman–Crippen MR) is 67.7 cm³/mol. The van der Waals surface area contributed by atoms with Crippen LogP contribution in [0.2, 0.25) is 0 Å². The van der Waals surface area contributed by atoms with Gasteiger partial charge in [-0.1, -0.05) is 48.5 Å². The second-order valence-electron chi connectivity index (χ2n) is 3.72. The molecular weight excluding hydrogens is 228 g/mol. The normalized spacial score (nSPS) is 11.6. The monoisotopic (exact) mass is 240 g/mol. The summed E-state index contributed by atoms with van der Waals surface area (Å²) in [5, 5.41) is 0. The van der Waals surface area contributed by atoms with Crippen LogP contribution in [0.1, 0.15) is 10.4 Å². The van der Waals surface area contributed by atoms with E-state index in [4.69, 9.17) is 4.74 Å². The SMILES string of the molecule is O=CC(Oc1ccccc1)C(=O)c1ccccc1. The predicted octanol–water partition coefficient (Wildman–Crippen LogP) is 2.52. The zero-order chi connectivity index (χ0) is 12.8. The molecule has 0 bridgehead atoms. The van der Waals surface area contributed by atoms with Crippen LogP contribution in [0, 0.1) is 0 Å². The van der Waals surface area contributed by atoms with Crippen molar-refractivity contribution in [1.29, 1.82) is 0 Å². The first-order valence-corrected chi connectivity index (χ1v) is 5.57. The Kier molecular flexibility index (Phi) is 3.86. The molecule has 0 spiro atoms. The van der Waals surface area contributed by atoms with Gasteiger partial charge in [-0.15, -0.1) is 0 Å². The number of ketones is 1. The second kappa shape index (κ2) is 5.77. The molecule has 3 nitrogen and oxygen atoms in total. The number of ether oxygens (including phenoxy) is 1. The summed E-state index contributed by atoms with van der Waals surface area (Å²) >= 11 is 0. The molecule has 0 amide bonds. The van der Waals surface area contributed by atoms with Crippen molar-refractivity contribution >= 4 is 12.1 Å². The summed E-state index contributed by atoms with van der Waals surface area (Å²) in [6, 6.07) is 17.4. The first-order valence-electron chi connectivity index (χ1n) is 5.57. The van der Waals surface area contributed by atoms with Crippen molar-refractivity contribution in [1.82, 2.24) is 0 Å². The van der Waals surface area contributed by atoms with Crippen molar-refractivity contribution in [2.24, 2.45) is 0 Å². The maximum atomic E-state index is 12.0. The Morgan fingerprint density at radius 3 is 2.06 bits per heavy atom. The largest absolute Gasteiger partial charge is 0.475 e. The zero-order valence-electron chi connectivity index (χ0n) is 9.65. The van der Waals surface area contributed by atoms with Gasteiger partial charge in [-0.3, -0.25) is 9.59 Å². The van der Waals surface area contributed by atoms with E-state index in [2.05, 4.69) is 0 Å². The Labute approximate surface area is 105 Å². The standard InChI is InChI=1S/C15H12O3/c16-11-14(18-13-9-5-2-6-10-13)15(17)12-7-3-1-4-8-12/h1-11,14H. The van der Waals surface area contributed by atoms with E-state index in [-0.39, 0.29) is 5.78 Å². The maximum Gasteiger partial charge on any atom is 0.216 e. The highest BCUT2D eigenvalue weighted by atomic mass is 16.5. The molecule has 0 fully saturated rings. The highest BCUT2D eigenvalue weighted by Crippen LogP contribution is 2.13. The third-order valence-corrected chi connectivity index (χ3v) is 2.45. The molecule has 1 atom stereocenters. The number of carbonyl (C=O) groups is 2. The summed E-state index contributed by atoms with van der Waals surface area (Å²) in [4.78, 5) is 23.0. The molecule has 0 heterocycles. The van der Waals surface area contributed by atoms with Crippen LogP contribution in [0.25, 0.3) is 0 Å².